The van der Waals surface area contributed by atoms with Gasteiger partial charge in [-0.1, -0.05) is 6.92 Å². The first-order chi connectivity index (χ1) is 7.69. The zero-order chi connectivity index (χ0) is 12.0. The van der Waals surface area contributed by atoms with E-state index < -0.39 is 0 Å². The average molecular weight is 222 g/mol. The normalized spacial score (nSPS) is 11.6. The summed E-state index contributed by atoms with van der Waals surface area (Å²) in [5, 5.41) is 0. The number of hydrogen-bond donors (Lipinski definition) is 0. The average Bonchev–Trinajstić information content (AvgIpc) is 2.67. The molecule has 0 saturated carbocycles. The second kappa shape index (κ2) is 6.10. The van der Waals surface area contributed by atoms with Gasteiger partial charge in [0, 0.05) is 12.1 Å². The van der Waals surface area contributed by atoms with Crippen LogP contribution in [0.25, 0.3) is 6.08 Å². The first-order valence-corrected chi connectivity index (χ1v) is 5.54. The van der Waals surface area contributed by atoms with Crippen molar-refractivity contribution < 1.29 is 9.53 Å². The van der Waals surface area contributed by atoms with Gasteiger partial charge in [0.05, 0.1) is 24.8 Å². The van der Waals surface area contributed by atoms with Crippen LogP contribution in [0.5, 0.6) is 0 Å². The third-order valence-electron chi connectivity index (χ3n) is 2.17. The van der Waals surface area contributed by atoms with Gasteiger partial charge in [0.25, 0.3) is 0 Å². The summed E-state index contributed by atoms with van der Waals surface area (Å²) in [5.74, 6) is -0.272. The Morgan fingerprint density at radius 3 is 2.94 bits per heavy atom. The number of carbonyl (C=O) groups excluding carboxylic acids is 1. The van der Waals surface area contributed by atoms with Crippen molar-refractivity contribution >= 4 is 12.0 Å². The molecule has 0 aromatic carbocycles. The van der Waals surface area contributed by atoms with Crippen LogP contribution in [-0.2, 0) is 16.1 Å². The number of aromatic nitrogens is 2. The molecular formula is C12H18N2O2. The van der Waals surface area contributed by atoms with Crippen molar-refractivity contribution in [3.63, 3.8) is 0 Å². The lowest BCUT2D eigenvalue weighted by Gasteiger charge is -2.04. The molecule has 1 aromatic heterocycles. The lowest BCUT2D eigenvalue weighted by atomic mass is 10.2. The number of aryl methyl sites for hydroxylation is 1. The molecule has 0 unspecified atom stereocenters. The highest BCUT2D eigenvalue weighted by molar-refractivity contribution is 5.92. The molecule has 0 spiro atoms. The SMILES string of the molecule is CCCn1cncc1/C=C(/C)C(=O)OCC. The van der Waals surface area contributed by atoms with E-state index in [9.17, 15) is 4.79 Å². The summed E-state index contributed by atoms with van der Waals surface area (Å²) in [4.78, 5) is 15.5. The van der Waals surface area contributed by atoms with Crippen LogP contribution in [0, 0.1) is 0 Å². The maximum absolute atomic E-state index is 11.4. The first kappa shape index (κ1) is 12.5. The monoisotopic (exact) mass is 222 g/mol. The van der Waals surface area contributed by atoms with Gasteiger partial charge in [-0.3, -0.25) is 0 Å². The lowest BCUT2D eigenvalue weighted by molar-refractivity contribution is -0.138. The number of ether oxygens (including phenoxy) is 1. The Morgan fingerprint density at radius 1 is 1.56 bits per heavy atom. The van der Waals surface area contributed by atoms with Gasteiger partial charge in [0.2, 0.25) is 0 Å². The Bertz CT molecular complexity index is 380. The van der Waals surface area contributed by atoms with E-state index in [2.05, 4.69) is 11.9 Å². The minimum atomic E-state index is -0.272. The molecular weight excluding hydrogens is 204 g/mol. The molecule has 1 rings (SSSR count). The van der Waals surface area contributed by atoms with E-state index in [0.717, 1.165) is 18.7 Å². The Hall–Kier alpha value is -1.58. The molecule has 0 amide bonds. The fourth-order valence-corrected chi connectivity index (χ4v) is 1.40. The summed E-state index contributed by atoms with van der Waals surface area (Å²) in [7, 11) is 0. The van der Waals surface area contributed by atoms with Gasteiger partial charge in [-0.05, 0) is 26.3 Å². The molecule has 0 saturated heterocycles. The van der Waals surface area contributed by atoms with Crippen molar-refractivity contribution in [2.75, 3.05) is 6.61 Å². The van der Waals surface area contributed by atoms with Crippen molar-refractivity contribution in [1.82, 2.24) is 9.55 Å². The Labute approximate surface area is 95.9 Å². The first-order valence-electron chi connectivity index (χ1n) is 5.54. The number of hydrogen-bond acceptors (Lipinski definition) is 3. The predicted octanol–water partition coefficient (Wildman–Crippen LogP) is 2.26. The largest absolute Gasteiger partial charge is 0.463 e. The standard InChI is InChI=1S/C12H18N2O2/c1-4-6-14-9-13-8-11(14)7-10(3)12(15)16-5-2/h7-9H,4-6H2,1-3H3/b10-7-. The highest BCUT2D eigenvalue weighted by atomic mass is 16.5. The Balaban J connectivity index is 2.80. The van der Waals surface area contributed by atoms with Crippen molar-refractivity contribution in [2.45, 2.75) is 33.7 Å². The summed E-state index contributed by atoms with van der Waals surface area (Å²) in [6.45, 7) is 6.96. The number of rotatable bonds is 5. The zero-order valence-electron chi connectivity index (χ0n) is 10.1. The van der Waals surface area contributed by atoms with Crippen LogP contribution in [0.4, 0.5) is 0 Å². The second-order valence-corrected chi connectivity index (χ2v) is 3.56. The minimum Gasteiger partial charge on any atom is -0.463 e. The molecule has 0 aliphatic carbocycles. The molecule has 1 aromatic rings. The molecule has 88 valence electrons. The number of carbonyl (C=O) groups is 1. The highest BCUT2D eigenvalue weighted by Gasteiger charge is 2.06. The molecule has 0 bridgehead atoms. The maximum Gasteiger partial charge on any atom is 0.333 e. The predicted molar refractivity (Wildman–Crippen MR) is 62.8 cm³/mol. The molecule has 0 fully saturated rings. The Morgan fingerprint density at radius 2 is 2.31 bits per heavy atom. The van der Waals surface area contributed by atoms with Gasteiger partial charge in [-0.25, -0.2) is 9.78 Å². The second-order valence-electron chi connectivity index (χ2n) is 3.56. The molecule has 4 nitrogen and oxygen atoms in total. The highest BCUT2D eigenvalue weighted by Crippen LogP contribution is 2.08. The quantitative estimate of drug-likeness (QED) is 0.567. The number of imidazole rings is 1. The third-order valence-corrected chi connectivity index (χ3v) is 2.17. The van der Waals surface area contributed by atoms with E-state index in [1.165, 1.54) is 0 Å². The van der Waals surface area contributed by atoms with Crippen LogP contribution in [0.3, 0.4) is 0 Å². The fourth-order valence-electron chi connectivity index (χ4n) is 1.40. The van der Waals surface area contributed by atoms with Crippen molar-refractivity contribution in [3.8, 4) is 0 Å². The van der Waals surface area contributed by atoms with E-state index in [4.69, 9.17) is 4.74 Å². The molecule has 1 heterocycles. The molecule has 0 aliphatic heterocycles. The number of esters is 1. The van der Waals surface area contributed by atoms with E-state index in [1.54, 1.807) is 32.4 Å². The van der Waals surface area contributed by atoms with Gasteiger partial charge in [0.1, 0.15) is 0 Å². The third kappa shape index (κ3) is 3.22. The van der Waals surface area contributed by atoms with Gasteiger partial charge >= 0.3 is 5.97 Å². The fraction of sp³-hybridized carbons (Fsp3) is 0.500. The van der Waals surface area contributed by atoms with E-state index in [-0.39, 0.29) is 5.97 Å². The topological polar surface area (TPSA) is 44.1 Å². The molecule has 4 heteroatoms. The van der Waals surface area contributed by atoms with Crippen LogP contribution in [0.1, 0.15) is 32.9 Å². The summed E-state index contributed by atoms with van der Waals surface area (Å²) in [6, 6.07) is 0. The van der Waals surface area contributed by atoms with Gasteiger partial charge in [-0.2, -0.15) is 0 Å². The van der Waals surface area contributed by atoms with Gasteiger partial charge in [0.15, 0.2) is 0 Å². The van der Waals surface area contributed by atoms with E-state index in [0.29, 0.717) is 12.2 Å². The van der Waals surface area contributed by atoms with Crippen LogP contribution in [0.15, 0.2) is 18.1 Å². The van der Waals surface area contributed by atoms with Crippen molar-refractivity contribution in [2.24, 2.45) is 0 Å². The molecule has 0 aliphatic rings. The smallest absolute Gasteiger partial charge is 0.333 e. The van der Waals surface area contributed by atoms with Crippen LogP contribution < -0.4 is 0 Å². The summed E-state index contributed by atoms with van der Waals surface area (Å²) in [5.41, 5.74) is 1.53. The van der Waals surface area contributed by atoms with Crippen LogP contribution in [-0.4, -0.2) is 22.1 Å². The molecule has 0 radical (unpaired) electrons. The van der Waals surface area contributed by atoms with Gasteiger partial charge < -0.3 is 9.30 Å². The minimum absolute atomic E-state index is 0.272. The van der Waals surface area contributed by atoms with Crippen molar-refractivity contribution in [3.05, 3.63) is 23.8 Å². The van der Waals surface area contributed by atoms with Crippen molar-refractivity contribution in [1.29, 1.82) is 0 Å². The van der Waals surface area contributed by atoms with Gasteiger partial charge in [-0.15, -0.1) is 0 Å². The number of nitrogens with zero attached hydrogens (tertiary/aromatic N) is 2. The summed E-state index contributed by atoms with van der Waals surface area (Å²) < 4.78 is 6.93. The summed E-state index contributed by atoms with van der Waals surface area (Å²) in [6.07, 6.45) is 6.36. The van der Waals surface area contributed by atoms with Crippen LogP contribution >= 0.6 is 0 Å². The van der Waals surface area contributed by atoms with E-state index in [1.807, 2.05) is 4.57 Å². The maximum atomic E-state index is 11.4. The Kier molecular flexibility index (Phi) is 4.76. The molecule has 0 N–H and O–H groups in total. The molecule has 0 atom stereocenters. The lowest BCUT2D eigenvalue weighted by Crippen LogP contribution is -2.05. The zero-order valence-corrected chi connectivity index (χ0v) is 10.1. The summed E-state index contributed by atoms with van der Waals surface area (Å²) >= 11 is 0. The van der Waals surface area contributed by atoms with E-state index >= 15 is 0 Å². The van der Waals surface area contributed by atoms with Crippen LogP contribution in [0.2, 0.25) is 0 Å². The molecule has 16 heavy (non-hydrogen) atoms.